The molecule has 0 saturated carbocycles. The van der Waals surface area contributed by atoms with Gasteiger partial charge in [0.25, 0.3) is 5.91 Å². The Labute approximate surface area is 158 Å². The van der Waals surface area contributed by atoms with E-state index >= 15 is 0 Å². The Balaban J connectivity index is 1.73. The first kappa shape index (κ1) is 18.9. The Kier molecular flexibility index (Phi) is 5.54. The smallest absolute Gasteiger partial charge is 0.339 e. The van der Waals surface area contributed by atoms with E-state index in [2.05, 4.69) is 20.6 Å². The van der Waals surface area contributed by atoms with E-state index in [1.807, 2.05) is 0 Å². The summed E-state index contributed by atoms with van der Waals surface area (Å²) in [6.07, 6.45) is 2.46. The maximum Gasteiger partial charge on any atom is 0.339 e. The molecular weight excluding hydrogens is 370 g/mol. The summed E-state index contributed by atoms with van der Waals surface area (Å²) >= 11 is 0. The molecular formula is C19H14F2N4O3. The zero-order valence-electron chi connectivity index (χ0n) is 14.6. The van der Waals surface area contributed by atoms with Crippen LogP contribution >= 0.6 is 0 Å². The predicted octanol–water partition coefficient (Wildman–Crippen LogP) is 3.54. The minimum atomic E-state index is -0.904. The number of benzene rings is 2. The molecule has 142 valence electrons. The molecule has 0 aliphatic carbocycles. The second-order valence-corrected chi connectivity index (χ2v) is 5.53. The molecule has 1 amide bonds. The van der Waals surface area contributed by atoms with Crippen LogP contribution in [0.2, 0.25) is 0 Å². The molecule has 2 N–H and O–H groups in total. The number of esters is 1. The van der Waals surface area contributed by atoms with E-state index in [4.69, 9.17) is 4.74 Å². The van der Waals surface area contributed by atoms with Gasteiger partial charge in [0.2, 0.25) is 0 Å². The highest BCUT2D eigenvalue weighted by molar-refractivity contribution is 6.02. The zero-order valence-corrected chi connectivity index (χ0v) is 14.6. The minimum Gasteiger partial charge on any atom is -0.465 e. The van der Waals surface area contributed by atoms with Crippen LogP contribution in [0, 0.1) is 11.6 Å². The molecule has 1 aromatic heterocycles. The van der Waals surface area contributed by atoms with Gasteiger partial charge in [-0.2, -0.15) is 0 Å². The van der Waals surface area contributed by atoms with Gasteiger partial charge in [-0.05, 0) is 24.3 Å². The van der Waals surface area contributed by atoms with Crippen LogP contribution in [0.3, 0.4) is 0 Å². The van der Waals surface area contributed by atoms with Crippen LogP contribution in [0.1, 0.15) is 20.8 Å². The summed E-state index contributed by atoms with van der Waals surface area (Å²) in [6, 6.07) is 9.44. The fraction of sp³-hybridized carbons (Fsp3) is 0.0526. The highest BCUT2D eigenvalue weighted by Gasteiger charge is 2.14. The van der Waals surface area contributed by atoms with Crippen molar-refractivity contribution in [1.29, 1.82) is 0 Å². The largest absolute Gasteiger partial charge is 0.465 e. The van der Waals surface area contributed by atoms with E-state index in [0.29, 0.717) is 17.3 Å². The molecule has 7 nitrogen and oxygen atoms in total. The number of aromatic nitrogens is 2. The Morgan fingerprint density at radius 1 is 1.00 bits per heavy atom. The van der Waals surface area contributed by atoms with Gasteiger partial charge < -0.3 is 15.4 Å². The molecule has 2 aromatic carbocycles. The quantitative estimate of drug-likeness (QED) is 0.654. The van der Waals surface area contributed by atoms with E-state index in [1.54, 1.807) is 24.3 Å². The number of amides is 1. The number of carbonyl (C=O) groups excluding carboxylic acids is 2. The molecule has 0 aliphatic heterocycles. The number of nitrogens with zero attached hydrogens (tertiary/aromatic N) is 2. The third-order valence-electron chi connectivity index (χ3n) is 3.66. The SMILES string of the molecule is COC(=O)c1ccccc1Nc1cnc(C(=O)Nc2ccc(F)cc2F)cn1. The summed E-state index contributed by atoms with van der Waals surface area (Å²) < 4.78 is 31.3. The summed E-state index contributed by atoms with van der Waals surface area (Å²) in [7, 11) is 1.27. The first-order valence-corrected chi connectivity index (χ1v) is 8.00. The lowest BCUT2D eigenvalue weighted by Crippen LogP contribution is -2.15. The Bertz CT molecular complexity index is 1030. The number of rotatable bonds is 5. The van der Waals surface area contributed by atoms with Gasteiger partial charge in [-0.3, -0.25) is 4.79 Å². The van der Waals surface area contributed by atoms with E-state index in [0.717, 1.165) is 12.1 Å². The van der Waals surface area contributed by atoms with Crippen LogP contribution in [0.15, 0.2) is 54.9 Å². The number of halogens is 2. The number of hydrogen-bond donors (Lipinski definition) is 2. The highest BCUT2D eigenvalue weighted by atomic mass is 19.1. The Morgan fingerprint density at radius 3 is 2.46 bits per heavy atom. The topological polar surface area (TPSA) is 93.2 Å². The number of carbonyl (C=O) groups is 2. The fourth-order valence-electron chi connectivity index (χ4n) is 2.31. The second kappa shape index (κ2) is 8.21. The zero-order chi connectivity index (χ0) is 20.1. The lowest BCUT2D eigenvalue weighted by atomic mass is 10.2. The summed E-state index contributed by atoms with van der Waals surface area (Å²) in [5.41, 5.74) is 0.507. The van der Waals surface area contributed by atoms with Crippen LogP contribution in [0.4, 0.5) is 26.0 Å². The maximum absolute atomic E-state index is 13.6. The van der Waals surface area contributed by atoms with Crippen LogP contribution in [-0.4, -0.2) is 29.0 Å². The Morgan fingerprint density at radius 2 is 1.79 bits per heavy atom. The van der Waals surface area contributed by atoms with Crippen molar-refractivity contribution in [2.45, 2.75) is 0 Å². The molecule has 1 heterocycles. The van der Waals surface area contributed by atoms with Crippen molar-refractivity contribution in [1.82, 2.24) is 9.97 Å². The molecule has 0 radical (unpaired) electrons. The van der Waals surface area contributed by atoms with Crippen molar-refractivity contribution in [3.05, 3.63) is 77.8 Å². The second-order valence-electron chi connectivity index (χ2n) is 5.53. The van der Waals surface area contributed by atoms with Crippen molar-refractivity contribution in [2.75, 3.05) is 17.7 Å². The highest BCUT2D eigenvalue weighted by Crippen LogP contribution is 2.20. The molecule has 0 saturated heterocycles. The normalized spacial score (nSPS) is 10.2. The number of anilines is 3. The molecule has 0 atom stereocenters. The van der Waals surface area contributed by atoms with Crippen molar-refractivity contribution in [3.63, 3.8) is 0 Å². The van der Waals surface area contributed by atoms with Crippen molar-refractivity contribution >= 4 is 29.1 Å². The van der Waals surface area contributed by atoms with Crippen molar-refractivity contribution in [3.8, 4) is 0 Å². The molecule has 0 unspecified atom stereocenters. The van der Waals surface area contributed by atoms with Gasteiger partial charge in [-0.1, -0.05) is 12.1 Å². The first-order valence-electron chi connectivity index (χ1n) is 8.00. The lowest BCUT2D eigenvalue weighted by molar-refractivity contribution is 0.0601. The molecule has 0 bridgehead atoms. The molecule has 9 heteroatoms. The molecule has 0 fully saturated rings. The van der Waals surface area contributed by atoms with Gasteiger partial charge in [0.05, 0.1) is 36.4 Å². The van der Waals surface area contributed by atoms with Gasteiger partial charge in [-0.15, -0.1) is 0 Å². The minimum absolute atomic E-state index is 0.0736. The molecule has 3 aromatic rings. The third kappa shape index (κ3) is 4.26. The van der Waals surface area contributed by atoms with Gasteiger partial charge >= 0.3 is 5.97 Å². The average Bonchev–Trinajstić information content (AvgIpc) is 2.70. The van der Waals surface area contributed by atoms with Gasteiger partial charge in [0.1, 0.15) is 23.1 Å². The van der Waals surface area contributed by atoms with Crippen LogP contribution in [0.25, 0.3) is 0 Å². The fourth-order valence-corrected chi connectivity index (χ4v) is 2.31. The maximum atomic E-state index is 13.6. The Hall–Kier alpha value is -3.88. The van der Waals surface area contributed by atoms with Crippen LogP contribution < -0.4 is 10.6 Å². The molecule has 3 rings (SSSR count). The van der Waals surface area contributed by atoms with E-state index in [-0.39, 0.29) is 17.2 Å². The van der Waals surface area contributed by atoms with Gasteiger partial charge in [0, 0.05) is 6.07 Å². The van der Waals surface area contributed by atoms with E-state index in [1.165, 1.54) is 19.5 Å². The van der Waals surface area contributed by atoms with E-state index < -0.39 is 23.5 Å². The summed E-state index contributed by atoms with van der Waals surface area (Å²) in [6.45, 7) is 0. The van der Waals surface area contributed by atoms with E-state index in [9.17, 15) is 18.4 Å². The number of ether oxygens (including phenoxy) is 1. The predicted molar refractivity (Wildman–Crippen MR) is 97.4 cm³/mol. The first-order chi connectivity index (χ1) is 13.5. The standard InChI is InChI=1S/C19H14F2N4O3/c1-28-19(27)12-4-2-3-5-14(12)24-17-10-22-16(9-23-17)18(26)25-15-7-6-11(20)8-13(15)21/h2-10H,1H3,(H,23,24)(H,25,26). The van der Waals surface area contributed by atoms with Crippen LogP contribution in [-0.2, 0) is 4.74 Å². The summed E-state index contributed by atoms with van der Waals surface area (Å²) in [5, 5.41) is 5.20. The molecule has 0 spiro atoms. The van der Waals surface area contributed by atoms with Crippen LogP contribution in [0.5, 0.6) is 0 Å². The third-order valence-corrected chi connectivity index (χ3v) is 3.66. The molecule has 0 aliphatic rings. The van der Waals surface area contributed by atoms with Crippen molar-refractivity contribution in [2.24, 2.45) is 0 Å². The van der Waals surface area contributed by atoms with Gasteiger partial charge in [-0.25, -0.2) is 23.5 Å². The number of hydrogen-bond acceptors (Lipinski definition) is 6. The molecule has 28 heavy (non-hydrogen) atoms. The number of methoxy groups -OCH3 is 1. The average molecular weight is 384 g/mol. The summed E-state index contributed by atoms with van der Waals surface area (Å²) in [4.78, 5) is 32.0. The lowest BCUT2D eigenvalue weighted by Gasteiger charge is -2.10. The van der Waals surface area contributed by atoms with Gasteiger partial charge in [0.15, 0.2) is 0 Å². The monoisotopic (exact) mass is 384 g/mol. The summed E-state index contributed by atoms with van der Waals surface area (Å²) in [5.74, 6) is -2.61. The number of para-hydroxylation sites is 1. The number of nitrogens with one attached hydrogen (secondary N) is 2. The van der Waals surface area contributed by atoms with Crippen molar-refractivity contribution < 1.29 is 23.1 Å².